The molecule has 3 N–H and O–H groups in total. The first-order valence-corrected chi connectivity index (χ1v) is 22.4. The van der Waals surface area contributed by atoms with Crippen LogP contribution in [0.5, 0.6) is 11.5 Å². The smallest absolute Gasteiger partial charge is 0.266 e. The van der Waals surface area contributed by atoms with Crippen molar-refractivity contribution in [3.05, 3.63) is 94.4 Å². The highest BCUT2D eigenvalue weighted by Crippen LogP contribution is 2.41. The van der Waals surface area contributed by atoms with Crippen LogP contribution in [0.25, 0.3) is 10.9 Å². The number of rotatable bonds is 19. The molecule has 332 valence electrons. The molecule has 4 aromatic rings. The fourth-order valence-electron chi connectivity index (χ4n) is 8.91. The highest BCUT2D eigenvalue weighted by Gasteiger charge is 2.46. The van der Waals surface area contributed by atoms with E-state index in [9.17, 15) is 33.2 Å². The summed E-state index contributed by atoms with van der Waals surface area (Å²) in [6.07, 6.45) is 12.2. The lowest BCUT2D eigenvalue weighted by molar-refractivity contribution is -0.136. The quantitative estimate of drug-likeness (QED) is 0.0619. The number of aromatic nitrogens is 1. The van der Waals surface area contributed by atoms with E-state index in [4.69, 9.17) is 21.1 Å². The van der Waals surface area contributed by atoms with Crippen LogP contribution in [0.3, 0.4) is 0 Å². The molecule has 0 spiro atoms. The number of carbonyl (C=O) groups is 6. The van der Waals surface area contributed by atoms with Crippen molar-refractivity contribution >= 4 is 63.6 Å². The van der Waals surface area contributed by atoms with Gasteiger partial charge in [0.1, 0.15) is 23.4 Å². The predicted octanol–water partition coefficient (Wildman–Crippen LogP) is 8.28. The molecule has 1 unspecified atom stereocenters. The average molecular weight is 882 g/mol. The molecule has 1 saturated heterocycles. The lowest BCUT2D eigenvalue weighted by atomic mass is 9.73. The van der Waals surface area contributed by atoms with E-state index in [0.717, 1.165) is 92.0 Å². The predicted molar refractivity (Wildman–Crippen MR) is 235 cm³/mol. The van der Waals surface area contributed by atoms with E-state index < -0.39 is 29.7 Å². The number of hydrogen-bond donors (Lipinski definition) is 3. The molecule has 1 aromatic heterocycles. The van der Waals surface area contributed by atoms with Gasteiger partial charge >= 0.3 is 0 Å². The summed E-state index contributed by atoms with van der Waals surface area (Å²) >= 11 is 6.44. The molecule has 0 bridgehead atoms. The molecule has 3 heterocycles. The molecule has 2 atom stereocenters. The van der Waals surface area contributed by atoms with Gasteiger partial charge in [-0.15, -0.1) is 0 Å². The number of imide groups is 2. The highest BCUT2D eigenvalue weighted by atomic mass is 35.5. The Morgan fingerprint density at radius 2 is 1.63 bits per heavy atom. The summed E-state index contributed by atoms with van der Waals surface area (Å²) in [7, 11) is 0. The number of ether oxygens (including phenoxy) is 2. The maximum absolute atomic E-state index is 14.0. The summed E-state index contributed by atoms with van der Waals surface area (Å²) in [5, 5.41) is 9.41. The molecular formula is C48H53ClFN5O8. The zero-order valence-electron chi connectivity index (χ0n) is 35.4. The topological polar surface area (TPSA) is 173 Å². The van der Waals surface area contributed by atoms with Gasteiger partial charge in [-0.3, -0.25) is 44.0 Å². The molecule has 1 aliphatic carbocycles. The van der Waals surface area contributed by atoms with Gasteiger partial charge in [0, 0.05) is 42.2 Å². The van der Waals surface area contributed by atoms with Gasteiger partial charge in [0.2, 0.25) is 17.7 Å². The number of piperidine rings is 1. The minimum atomic E-state index is -1.09. The molecule has 6 amide bonds. The Balaban J connectivity index is 0.739. The number of nitrogens with zero attached hydrogens (tertiary/aromatic N) is 2. The first-order valence-electron chi connectivity index (χ1n) is 22.0. The lowest BCUT2D eigenvalue weighted by Crippen LogP contribution is -2.54. The minimum absolute atomic E-state index is 0.000979. The largest absolute Gasteiger partial charge is 0.492 e. The molecule has 2 fully saturated rings. The van der Waals surface area contributed by atoms with Crippen molar-refractivity contribution in [1.82, 2.24) is 20.5 Å². The maximum atomic E-state index is 14.0. The lowest BCUT2D eigenvalue weighted by Gasteiger charge is -2.32. The van der Waals surface area contributed by atoms with Crippen LogP contribution >= 0.6 is 11.6 Å². The molecule has 15 heteroatoms. The fourth-order valence-corrected chi connectivity index (χ4v) is 9.08. The van der Waals surface area contributed by atoms with Crippen molar-refractivity contribution in [1.29, 1.82) is 0 Å². The third-order valence-corrected chi connectivity index (χ3v) is 12.8. The fraction of sp³-hybridized carbons (Fsp3) is 0.438. The monoisotopic (exact) mass is 881 g/mol. The average Bonchev–Trinajstić information content (AvgIpc) is 3.53. The van der Waals surface area contributed by atoms with Crippen LogP contribution in [0.2, 0.25) is 5.02 Å². The van der Waals surface area contributed by atoms with Gasteiger partial charge in [-0.05, 0) is 111 Å². The summed E-state index contributed by atoms with van der Waals surface area (Å²) in [4.78, 5) is 81.3. The Morgan fingerprint density at radius 3 is 2.41 bits per heavy atom. The van der Waals surface area contributed by atoms with E-state index in [-0.39, 0.29) is 65.8 Å². The Kier molecular flexibility index (Phi) is 15.0. The van der Waals surface area contributed by atoms with Crippen molar-refractivity contribution in [2.24, 2.45) is 11.8 Å². The second-order valence-electron chi connectivity index (χ2n) is 16.7. The molecule has 0 radical (unpaired) electrons. The molecule has 7 rings (SSSR count). The third-order valence-electron chi connectivity index (χ3n) is 12.5. The number of anilines is 1. The number of unbranched alkanes of at least 4 members (excludes halogenated alkanes) is 6. The van der Waals surface area contributed by atoms with Gasteiger partial charge < -0.3 is 20.1 Å². The second-order valence-corrected chi connectivity index (χ2v) is 17.1. The van der Waals surface area contributed by atoms with Crippen molar-refractivity contribution in [3.63, 3.8) is 0 Å². The highest BCUT2D eigenvalue weighted by molar-refractivity contribution is 6.32. The van der Waals surface area contributed by atoms with Crippen LogP contribution in [0.15, 0.2) is 66.9 Å². The molecule has 3 aliphatic rings. The Hall–Kier alpha value is -5.89. The molecule has 1 saturated carbocycles. The van der Waals surface area contributed by atoms with Gasteiger partial charge in [-0.25, -0.2) is 4.39 Å². The van der Waals surface area contributed by atoms with Gasteiger partial charge in [0.05, 0.1) is 28.3 Å². The van der Waals surface area contributed by atoms with Crippen LogP contribution in [0.1, 0.15) is 123 Å². The number of halogens is 2. The molecule has 3 aromatic carbocycles. The van der Waals surface area contributed by atoms with E-state index >= 15 is 0 Å². The molecule has 2 aliphatic heterocycles. The van der Waals surface area contributed by atoms with E-state index in [2.05, 4.69) is 20.9 Å². The zero-order chi connectivity index (χ0) is 44.5. The van der Waals surface area contributed by atoms with Crippen LogP contribution < -0.4 is 25.4 Å². The number of carbonyl (C=O) groups excluding carboxylic acids is 6. The van der Waals surface area contributed by atoms with Crippen LogP contribution in [-0.4, -0.2) is 71.1 Å². The Morgan fingerprint density at radius 1 is 0.873 bits per heavy atom. The van der Waals surface area contributed by atoms with Crippen molar-refractivity contribution in [2.45, 2.75) is 102 Å². The van der Waals surface area contributed by atoms with Crippen LogP contribution in [0, 0.1) is 17.7 Å². The molecule has 63 heavy (non-hydrogen) atoms. The second kappa shape index (κ2) is 21.0. The third kappa shape index (κ3) is 11.0. The van der Waals surface area contributed by atoms with E-state index in [1.54, 1.807) is 42.6 Å². The maximum Gasteiger partial charge on any atom is 0.266 e. The first kappa shape index (κ1) is 45.1. The number of amides is 6. The summed E-state index contributed by atoms with van der Waals surface area (Å²) < 4.78 is 25.7. The van der Waals surface area contributed by atoms with Crippen molar-refractivity contribution in [2.75, 3.05) is 25.1 Å². The summed E-state index contributed by atoms with van der Waals surface area (Å²) in [5.41, 5.74) is 2.65. The van der Waals surface area contributed by atoms with E-state index in [1.807, 2.05) is 13.0 Å². The van der Waals surface area contributed by atoms with Gasteiger partial charge in [0.15, 0.2) is 6.61 Å². The SMILES string of the molecule is C[C@@H](C(=O)Nc1ccc(Cl)c(OCCCCCCCCCNC(=O)COc2cccc3c2C(=O)N(C2CCC(=O)NC2=O)C3=O)c1)[C@H]1CC[C@@H](c2ccnc3ccc(F)cc32)CC1. The van der Waals surface area contributed by atoms with Gasteiger partial charge in [-0.2, -0.15) is 0 Å². The van der Waals surface area contributed by atoms with Crippen molar-refractivity contribution < 1.29 is 42.6 Å². The van der Waals surface area contributed by atoms with Crippen LogP contribution in [-0.2, 0) is 19.2 Å². The van der Waals surface area contributed by atoms with Gasteiger partial charge in [-0.1, -0.05) is 56.7 Å². The van der Waals surface area contributed by atoms with Crippen LogP contribution in [0.4, 0.5) is 10.1 Å². The number of pyridine rings is 1. The van der Waals surface area contributed by atoms with Crippen molar-refractivity contribution in [3.8, 4) is 11.5 Å². The summed E-state index contributed by atoms with van der Waals surface area (Å²) in [5.74, 6) is -2.16. The summed E-state index contributed by atoms with van der Waals surface area (Å²) in [6, 6.07) is 15.5. The first-order chi connectivity index (χ1) is 30.5. The normalized spacial score (nSPS) is 19.1. The van der Waals surface area contributed by atoms with E-state index in [1.165, 1.54) is 18.2 Å². The number of fused-ring (bicyclic) bond motifs is 2. The molecule has 13 nitrogen and oxygen atoms in total. The minimum Gasteiger partial charge on any atom is -0.492 e. The Bertz CT molecular complexity index is 2370. The zero-order valence-corrected chi connectivity index (χ0v) is 36.1. The standard InChI is InChI=1S/C48H53ClFN5O8/c1-29(30-12-14-31(15-13-30)34-22-24-51-38-19-16-32(50)26-36(34)38)45(58)53-33-17-18-37(49)41(27-33)62-25-8-6-4-2-3-5-7-23-52-43(57)28-63-40-11-9-10-35-44(40)48(61)55(47(35)60)39-20-21-42(56)54-46(39)59/h9-11,16-19,22,24,26-27,29-31,39H,2-8,12-15,20-21,23,25,28H2,1H3,(H,52,57)(H,53,58)(H,54,56,59)/t29-,30-,31+,39?/m1/s1. The number of hydrogen-bond acceptors (Lipinski definition) is 9. The summed E-state index contributed by atoms with van der Waals surface area (Å²) in [6.45, 7) is 2.61. The number of nitrogens with one attached hydrogen (secondary N) is 3. The Labute approximate surface area is 370 Å². The molecular weight excluding hydrogens is 829 g/mol. The van der Waals surface area contributed by atoms with Gasteiger partial charge in [0.25, 0.3) is 17.7 Å². The van der Waals surface area contributed by atoms with E-state index in [0.29, 0.717) is 35.5 Å². The number of benzene rings is 3.